The summed E-state index contributed by atoms with van der Waals surface area (Å²) in [6, 6.07) is 14.5. The summed E-state index contributed by atoms with van der Waals surface area (Å²) in [4.78, 5) is 33.1. The van der Waals surface area contributed by atoms with Crippen LogP contribution < -0.4 is 9.47 Å². The monoisotopic (exact) mass is 454 g/mol. The number of ether oxygens (including phenoxy) is 2. The number of nitro groups is 2. The lowest BCUT2D eigenvalue weighted by molar-refractivity contribution is -0.394. The van der Waals surface area contributed by atoms with Crippen LogP contribution >= 0.6 is 11.6 Å². The van der Waals surface area contributed by atoms with Gasteiger partial charge in [0.1, 0.15) is 0 Å². The van der Waals surface area contributed by atoms with Gasteiger partial charge in [-0.1, -0.05) is 35.9 Å². The van der Waals surface area contributed by atoms with Gasteiger partial charge < -0.3 is 9.47 Å². The molecule has 32 heavy (non-hydrogen) atoms. The van der Waals surface area contributed by atoms with E-state index in [-0.39, 0.29) is 33.3 Å². The van der Waals surface area contributed by atoms with Crippen molar-refractivity contribution in [2.75, 3.05) is 7.11 Å². The number of carbonyl (C=O) groups is 1. The molecular formula is C22H15ClN2O7. The highest BCUT2D eigenvalue weighted by Crippen LogP contribution is 2.31. The van der Waals surface area contributed by atoms with Crippen LogP contribution in [0.4, 0.5) is 11.4 Å². The molecule has 10 heteroatoms. The van der Waals surface area contributed by atoms with E-state index in [1.54, 1.807) is 36.4 Å². The first-order valence-electron chi connectivity index (χ1n) is 9.06. The van der Waals surface area contributed by atoms with E-state index in [0.717, 1.165) is 6.07 Å². The molecule has 0 aliphatic heterocycles. The normalized spacial score (nSPS) is 10.7. The Morgan fingerprint density at radius 3 is 2.34 bits per heavy atom. The standard InChI is InChI=1S/C22H15ClN2O7/c1-31-21-12-14(6-8-15-9-10-16(24(27)28)13-19(15)25(29)30)7-11-20(21)32-22(26)17-4-2-3-5-18(17)23/h2-13H,1H3/b8-6+. The second kappa shape index (κ2) is 9.71. The molecule has 9 nitrogen and oxygen atoms in total. The van der Waals surface area contributed by atoms with E-state index in [2.05, 4.69) is 0 Å². The highest BCUT2D eigenvalue weighted by atomic mass is 35.5. The Kier molecular flexibility index (Phi) is 6.81. The van der Waals surface area contributed by atoms with Crippen LogP contribution in [0.3, 0.4) is 0 Å². The lowest BCUT2D eigenvalue weighted by atomic mass is 10.1. The molecule has 0 saturated carbocycles. The number of rotatable bonds is 7. The van der Waals surface area contributed by atoms with E-state index in [0.29, 0.717) is 5.56 Å². The van der Waals surface area contributed by atoms with Gasteiger partial charge in [-0.25, -0.2) is 4.79 Å². The van der Waals surface area contributed by atoms with Gasteiger partial charge in [0.2, 0.25) is 0 Å². The number of non-ortho nitro benzene ring substituents is 1. The maximum atomic E-state index is 12.4. The van der Waals surface area contributed by atoms with Gasteiger partial charge in [0, 0.05) is 6.07 Å². The minimum absolute atomic E-state index is 0.163. The molecule has 3 rings (SSSR count). The van der Waals surface area contributed by atoms with Crippen molar-refractivity contribution in [3.05, 3.63) is 103 Å². The molecule has 0 aromatic heterocycles. The summed E-state index contributed by atoms with van der Waals surface area (Å²) in [7, 11) is 1.40. The van der Waals surface area contributed by atoms with Gasteiger partial charge in [-0.2, -0.15) is 0 Å². The van der Waals surface area contributed by atoms with Crippen LogP contribution in [0.15, 0.2) is 60.7 Å². The Balaban J connectivity index is 1.86. The van der Waals surface area contributed by atoms with Gasteiger partial charge in [-0.05, 0) is 42.0 Å². The fraction of sp³-hybridized carbons (Fsp3) is 0.0455. The molecule has 0 fully saturated rings. The van der Waals surface area contributed by atoms with Crippen molar-refractivity contribution in [1.82, 2.24) is 0 Å². The van der Waals surface area contributed by atoms with Crippen molar-refractivity contribution in [2.24, 2.45) is 0 Å². The maximum Gasteiger partial charge on any atom is 0.345 e. The fourth-order valence-electron chi connectivity index (χ4n) is 2.78. The number of benzene rings is 3. The van der Waals surface area contributed by atoms with Crippen LogP contribution in [0, 0.1) is 20.2 Å². The minimum atomic E-state index is -0.700. The second-order valence-electron chi connectivity index (χ2n) is 6.37. The molecule has 3 aromatic rings. The molecule has 0 heterocycles. The van der Waals surface area contributed by atoms with Gasteiger partial charge in [-0.15, -0.1) is 0 Å². The zero-order valence-corrected chi connectivity index (χ0v) is 17.3. The maximum absolute atomic E-state index is 12.4. The molecule has 0 amide bonds. The highest BCUT2D eigenvalue weighted by Gasteiger charge is 2.18. The van der Waals surface area contributed by atoms with Crippen molar-refractivity contribution >= 4 is 41.1 Å². The van der Waals surface area contributed by atoms with E-state index < -0.39 is 21.5 Å². The number of nitro benzene ring substituents is 2. The first-order valence-corrected chi connectivity index (χ1v) is 9.43. The van der Waals surface area contributed by atoms with Gasteiger partial charge in [0.15, 0.2) is 11.5 Å². The van der Waals surface area contributed by atoms with Crippen molar-refractivity contribution in [3.63, 3.8) is 0 Å². The van der Waals surface area contributed by atoms with Crippen LogP contribution in [0.1, 0.15) is 21.5 Å². The second-order valence-corrected chi connectivity index (χ2v) is 6.78. The third kappa shape index (κ3) is 5.08. The molecule has 0 aliphatic carbocycles. The first kappa shape index (κ1) is 22.4. The molecular weight excluding hydrogens is 440 g/mol. The molecule has 3 aromatic carbocycles. The van der Waals surface area contributed by atoms with Crippen LogP contribution in [-0.4, -0.2) is 22.9 Å². The summed E-state index contributed by atoms with van der Waals surface area (Å²) in [6.07, 6.45) is 3.02. The zero-order chi connectivity index (χ0) is 23.3. The van der Waals surface area contributed by atoms with E-state index in [9.17, 15) is 25.0 Å². The number of carbonyl (C=O) groups excluding carboxylic acids is 1. The first-order chi connectivity index (χ1) is 15.3. The predicted molar refractivity (Wildman–Crippen MR) is 118 cm³/mol. The van der Waals surface area contributed by atoms with Crippen LogP contribution in [-0.2, 0) is 0 Å². The number of methoxy groups -OCH3 is 1. The van der Waals surface area contributed by atoms with Gasteiger partial charge in [0.25, 0.3) is 11.4 Å². The van der Waals surface area contributed by atoms with Crippen molar-refractivity contribution < 1.29 is 24.1 Å². The summed E-state index contributed by atoms with van der Waals surface area (Å²) in [6.45, 7) is 0. The molecule has 0 radical (unpaired) electrons. The summed E-state index contributed by atoms with van der Waals surface area (Å²) >= 11 is 6.02. The SMILES string of the molecule is COc1cc(/C=C/c2ccc([N+](=O)[O-])cc2[N+](=O)[O-])ccc1OC(=O)c1ccccc1Cl. The summed E-state index contributed by atoms with van der Waals surface area (Å²) < 4.78 is 10.7. The van der Waals surface area contributed by atoms with E-state index >= 15 is 0 Å². The largest absolute Gasteiger partial charge is 0.493 e. The molecule has 0 atom stereocenters. The van der Waals surface area contributed by atoms with E-state index in [4.69, 9.17) is 21.1 Å². The Morgan fingerprint density at radius 2 is 1.69 bits per heavy atom. The van der Waals surface area contributed by atoms with Crippen LogP contribution in [0.2, 0.25) is 5.02 Å². The average molecular weight is 455 g/mol. The summed E-state index contributed by atoms with van der Waals surface area (Å²) in [5.74, 6) is -0.236. The number of halogens is 1. The predicted octanol–water partition coefficient (Wildman–Crippen LogP) is 5.55. The van der Waals surface area contributed by atoms with Crippen molar-refractivity contribution in [1.29, 1.82) is 0 Å². The molecule has 162 valence electrons. The third-order valence-corrected chi connectivity index (χ3v) is 4.69. The molecule has 0 bridgehead atoms. The molecule has 0 unspecified atom stereocenters. The smallest absolute Gasteiger partial charge is 0.345 e. The topological polar surface area (TPSA) is 122 Å². The van der Waals surface area contributed by atoms with E-state index in [1.165, 1.54) is 37.5 Å². The third-order valence-electron chi connectivity index (χ3n) is 4.36. The number of esters is 1. The molecule has 0 saturated heterocycles. The number of hydrogen-bond acceptors (Lipinski definition) is 7. The molecule has 0 spiro atoms. The van der Waals surface area contributed by atoms with Gasteiger partial charge >= 0.3 is 5.97 Å². The number of hydrogen-bond donors (Lipinski definition) is 0. The Labute approximate surface area is 186 Å². The summed E-state index contributed by atoms with van der Waals surface area (Å²) in [5, 5.41) is 22.4. The Morgan fingerprint density at radius 1 is 0.938 bits per heavy atom. The Bertz CT molecular complexity index is 1240. The van der Waals surface area contributed by atoms with E-state index in [1.807, 2.05) is 0 Å². The van der Waals surface area contributed by atoms with Crippen LogP contribution in [0.5, 0.6) is 11.5 Å². The highest BCUT2D eigenvalue weighted by molar-refractivity contribution is 6.33. The minimum Gasteiger partial charge on any atom is -0.493 e. The lowest BCUT2D eigenvalue weighted by Gasteiger charge is -2.10. The molecule has 0 aliphatic rings. The van der Waals surface area contributed by atoms with Crippen LogP contribution in [0.25, 0.3) is 12.2 Å². The number of nitrogens with zero attached hydrogens (tertiary/aromatic N) is 2. The lowest BCUT2D eigenvalue weighted by Crippen LogP contribution is -2.09. The molecule has 0 N–H and O–H groups in total. The fourth-order valence-corrected chi connectivity index (χ4v) is 3.00. The Hall–Kier alpha value is -4.24. The van der Waals surface area contributed by atoms with Gasteiger partial charge in [0.05, 0.1) is 39.2 Å². The zero-order valence-electron chi connectivity index (χ0n) is 16.6. The average Bonchev–Trinajstić information content (AvgIpc) is 2.78. The quantitative estimate of drug-likeness (QED) is 0.151. The van der Waals surface area contributed by atoms with Crippen molar-refractivity contribution in [2.45, 2.75) is 0 Å². The summed E-state index contributed by atoms with van der Waals surface area (Å²) in [5.41, 5.74) is 0.208. The van der Waals surface area contributed by atoms with Crippen molar-refractivity contribution in [3.8, 4) is 11.5 Å². The van der Waals surface area contributed by atoms with Gasteiger partial charge in [-0.3, -0.25) is 20.2 Å².